The number of aromatic nitrogens is 3. The van der Waals surface area contributed by atoms with Crippen LogP contribution < -0.4 is 21.2 Å². The van der Waals surface area contributed by atoms with Crippen LogP contribution in [0.15, 0.2) is 76.1 Å². The van der Waals surface area contributed by atoms with Gasteiger partial charge in [-0.1, -0.05) is 35.1 Å². The summed E-state index contributed by atoms with van der Waals surface area (Å²) in [6.45, 7) is 0. The second-order valence-electron chi connectivity index (χ2n) is 7.72. The molecule has 0 bridgehead atoms. The van der Waals surface area contributed by atoms with Crippen molar-refractivity contribution in [1.82, 2.24) is 14.7 Å². The number of benzene rings is 3. The highest BCUT2D eigenvalue weighted by Gasteiger charge is 2.42. The molecule has 2 N–H and O–H groups in total. The molecule has 0 saturated heterocycles. The zero-order valence-corrected chi connectivity index (χ0v) is 18.7. The Labute approximate surface area is 208 Å². The van der Waals surface area contributed by atoms with Crippen molar-refractivity contribution in [3.63, 3.8) is 0 Å². The van der Waals surface area contributed by atoms with Gasteiger partial charge >= 0.3 is 23.6 Å². The standard InChI is InChI=1S/C23H13F3N6O6/c24-23(25,26)20(33)38-31-16-10-15(7-8-18(16)37-22(31)34)28-19-17(32(35)36)11-27-21(30-19)29-14-6-5-12-3-1-2-4-13(12)9-14/h1-11H,(H2,27,28,29,30). The zero-order chi connectivity index (χ0) is 27.0. The number of nitro groups is 1. The summed E-state index contributed by atoms with van der Waals surface area (Å²) < 4.78 is 42.7. The summed E-state index contributed by atoms with van der Waals surface area (Å²) in [6, 6.07) is 16.7. The molecule has 0 aliphatic rings. The number of carbonyl (C=O) groups is 1. The van der Waals surface area contributed by atoms with Gasteiger partial charge in [-0.15, -0.1) is 0 Å². The van der Waals surface area contributed by atoms with Crippen LogP contribution in [-0.2, 0) is 4.79 Å². The molecule has 15 heteroatoms. The zero-order valence-electron chi connectivity index (χ0n) is 18.7. The van der Waals surface area contributed by atoms with E-state index in [9.17, 15) is 32.9 Å². The van der Waals surface area contributed by atoms with Crippen molar-refractivity contribution in [3.05, 3.63) is 87.5 Å². The monoisotopic (exact) mass is 526 g/mol. The molecular weight excluding hydrogens is 513 g/mol. The molecule has 0 radical (unpaired) electrons. The highest BCUT2D eigenvalue weighted by molar-refractivity contribution is 5.86. The van der Waals surface area contributed by atoms with Crippen molar-refractivity contribution in [2.24, 2.45) is 0 Å². The minimum atomic E-state index is -5.37. The maximum absolute atomic E-state index is 12.6. The molecule has 0 saturated carbocycles. The first kappa shape index (κ1) is 24.2. The topological polar surface area (TPSA) is 154 Å². The van der Waals surface area contributed by atoms with Gasteiger partial charge in [0.05, 0.1) is 4.92 Å². The Morgan fingerprint density at radius 2 is 1.74 bits per heavy atom. The molecule has 0 amide bonds. The number of rotatable bonds is 6. The Bertz CT molecular complexity index is 1780. The highest BCUT2D eigenvalue weighted by Crippen LogP contribution is 2.29. The maximum atomic E-state index is 12.6. The smallest absolute Gasteiger partial charge is 0.405 e. The lowest BCUT2D eigenvalue weighted by Crippen LogP contribution is -2.36. The van der Waals surface area contributed by atoms with Gasteiger partial charge in [0.1, 0.15) is 11.7 Å². The average Bonchev–Trinajstić information content (AvgIpc) is 3.17. The predicted octanol–water partition coefficient (Wildman–Crippen LogP) is 4.45. The van der Waals surface area contributed by atoms with Gasteiger partial charge in [0, 0.05) is 11.4 Å². The van der Waals surface area contributed by atoms with Crippen molar-refractivity contribution in [3.8, 4) is 0 Å². The molecule has 0 aliphatic carbocycles. The molecule has 0 unspecified atom stereocenters. The van der Waals surface area contributed by atoms with Gasteiger partial charge in [0.2, 0.25) is 11.8 Å². The number of anilines is 4. The number of nitrogens with zero attached hydrogens (tertiary/aromatic N) is 4. The summed E-state index contributed by atoms with van der Waals surface area (Å²) in [5.41, 5.74) is -0.398. The highest BCUT2D eigenvalue weighted by atomic mass is 19.4. The molecule has 0 spiro atoms. The van der Waals surface area contributed by atoms with E-state index in [2.05, 4.69) is 25.4 Å². The molecule has 5 rings (SSSR count). The number of nitrogens with one attached hydrogen (secondary N) is 2. The largest absolute Gasteiger partial charge is 0.493 e. The average molecular weight is 526 g/mol. The van der Waals surface area contributed by atoms with E-state index in [-0.39, 0.29) is 33.3 Å². The van der Waals surface area contributed by atoms with Gasteiger partial charge in [0.15, 0.2) is 5.58 Å². The molecule has 3 aromatic carbocycles. The summed E-state index contributed by atoms with van der Waals surface area (Å²) in [6.07, 6.45) is -4.40. The summed E-state index contributed by atoms with van der Waals surface area (Å²) in [5.74, 6) is -4.28. The molecule has 12 nitrogen and oxygen atoms in total. The van der Waals surface area contributed by atoms with Crippen LogP contribution in [0.5, 0.6) is 0 Å². The number of hydrogen-bond acceptors (Lipinski definition) is 10. The number of hydrogen-bond donors (Lipinski definition) is 2. The summed E-state index contributed by atoms with van der Waals surface area (Å²) in [5, 5.41) is 19.1. The molecule has 5 aromatic rings. The van der Waals surface area contributed by atoms with Crippen LogP contribution in [0.25, 0.3) is 21.9 Å². The van der Waals surface area contributed by atoms with Crippen molar-refractivity contribution in [2.45, 2.75) is 6.18 Å². The molecule has 38 heavy (non-hydrogen) atoms. The van der Waals surface area contributed by atoms with Gasteiger partial charge in [-0.25, -0.2) is 14.6 Å². The molecule has 0 aliphatic heterocycles. The quantitative estimate of drug-likeness (QED) is 0.239. The van der Waals surface area contributed by atoms with E-state index in [1.54, 1.807) is 6.07 Å². The normalized spacial score (nSPS) is 11.4. The van der Waals surface area contributed by atoms with Crippen molar-refractivity contribution in [2.75, 3.05) is 10.6 Å². The van der Waals surface area contributed by atoms with Gasteiger partial charge in [0.25, 0.3) is 0 Å². The van der Waals surface area contributed by atoms with Crippen LogP contribution in [0.4, 0.5) is 42.0 Å². The summed E-state index contributed by atoms with van der Waals surface area (Å²) in [4.78, 5) is 46.2. The summed E-state index contributed by atoms with van der Waals surface area (Å²) in [7, 11) is 0. The van der Waals surface area contributed by atoms with Gasteiger partial charge in [-0.05, 0) is 41.1 Å². The lowest BCUT2D eigenvalue weighted by Gasteiger charge is -2.10. The third kappa shape index (κ3) is 4.79. The van der Waals surface area contributed by atoms with Crippen LogP contribution in [0.2, 0.25) is 0 Å². The van der Waals surface area contributed by atoms with Crippen LogP contribution in [-0.4, -0.2) is 31.8 Å². The van der Waals surface area contributed by atoms with E-state index >= 15 is 0 Å². The number of oxazole rings is 1. The van der Waals surface area contributed by atoms with E-state index in [0.29, 0.717) is 5.69 Å². The number of alkyl halides is 3. The van der Waals surface area contributed by atoms with E-state index in [1.165, 1.54) is 12.1 Å². The first-order valence-electron chi connectivity index (χ1n) is 10.6. The van der Waals surface area contributed by atoms with E-state index in [0.717, 1.165) is 23.0 Å². The predicted molar refractivity (Wildman–Crippen MR) is 127 cm³/mol. The number of carbonyl (C=O) groups excluding carboxylic acids is 1. The lowest BCUT2D eigenvalue weighted by molar-refractivity contribution is -0.384. The van der Waals surface area contributed by atoms with E-state index < -0.39 is 28.5 Å². The van der Waals surface area contributed by atoms with Gasteiger partial charge in [-0.2, -0.15) is 18.2 Å². The van der Waals surface area contributed by atoms with Gasteiger partial charge < -0.3 is 19.9 Å². The molecule has 192 valence electrons. The van der Waals surface area contributed by atoms with Crippen molar-refractivity contribution >= 4 is 56.7 Å². The van der Waals surface area contributed by atoms with E-state index in [4.69, 9.17) is 4.42 Å². The molecule has 0 fully saturated rings. The minimum absolute atomic E-state index is 0.00814. The SMILES string of the molecule is O=C(On1c(=O)oc2ccc(Nc3nc(Nc4ccc5ccccc5c4)ncc3[N+](=O)[O-])cc21)C(F)(F)F. The lowest BCUT2D eigenvalue weighted by atomic mass is 10.1. The van der Waals surface area contributed by atoms with Crippen LogP contribution in [0, 0.1) is 10.1 Å². The fraction of sp³-hybridized carbons (Fsp3) is 0.0435. The number of halogens is 3. The van der Waals surface area contributed by atoms with Crippen LogP contribution in [0.1, 0.15) is 0 Å². The second kappa shape index (κ2) is 9.20. The van der Waals surface area contributed by atoms with Crippen LogP contribution in [0.3, 0.4) is 0 Å². The summed E-state index contributed by atoms with van der Waals surface area (Å²) >= 11 is 0. The molecule has 0 atom stereocenters. The van der Waals surface area contributed by atoms with Crippen molar-refractivity contribution in [1.29, 1.82) is 0 Å². The number of fused-ring (bicyclic) bond motifs is 2. The Kier molecular flexibility index (Phi) is 5.87. The van der Waals surface area contributed by atoms with Crippen LogP contribution >= 0.6 is 0 Å². The maximum Gasteiger partial charge on any atom is 0.493 e. The Balaban J connectivity index is 1.47. The van der Waals surface area contributed by atoms with Gasteiger partial charge in [-0.3, -0.25) is 10.1 Å². The minimum Gasteiger partial charge on any atom is -0.405 e. The first-order chi connectivity index (χ1) is 18.1. The first-order valence-corrected chi connectivity index (χ1v) is 10.6. The third-order valence-electron chi connectivity index (χ3n) is 5.18. The third-order valence-corrected chi connectivity index (χ3v) is 5.18. The Hall–Kier alpha value is -5.47. The fourth-order valence-corrected chi connectivity index (χ4v) is 3.49. The van der Waals surface area contributed by atoms with E-state index in [1.807, 2.05) is 36.4 Å². The second-order valence-corrected chi connectivity index (χ2v) is 7.72. The molecule has 2 aromatic heterocycles. The molecule has 2 heterocycles. The molecular formula is C23H13F3N6O6. The Morgan fingerprint density at radius 1 is 1.03 bits per heavy atom. The Morgan fingerprint density at radius 3 is 2.47 bits per heavy atom. The van der Waals surface area contributed by atoms with Crippen molar-refractivity contribution < 1.29 is 32.1 Å². The fourth-order valence-electron chi connectivity index (χ4n) is 3.49.